The third-order valence-electron chi connectivity index (χ3n) is 9.18. The van der Waals surface area contributed by atoms with Crippen molar-refractivity contribution >= 4 is 11.9 Å². The van der Waals surface area contributed by atoms with Gasteiger partial charge in [-0.05, 0) is 64.2 Å². The maximum atomic E-state index is 12.5. The second kappa shape index (κ2) is 37.9. The van der Waals surface area contributed by atoms with Crippen LogP contribution in [-0.4, -0.2) is 23.1 Å². The Morgan fingerprint density at radius 2 is 0.870 bits per heavy atom. The normalized spacial score (nSPS) is 12.4. The Bertz CT molecular complexity index is 698. The number of hydrogen-bond acceptors (Lipinski definition) is 3. The molecule has 0 aliphatic carbocycles. The molecule has 46 heavy (non-hydrogen) atoms. The molecule has 1 atom stereocenters. The molecule has 1 N–H and O–H groups in total. The zero-order chi connectivity index (χ0) is 33.6. The highest BCUT2D eigenvalue weighted by Gasteiger charge is 2.15. The summed E-state index contributed by atoms with van der Waals surface area (Å²) in [6.45, 7) is 4.53. The van der Waals surface area contributed by atoms with Crippen LogP contribution in [0.2, 0.25) is 0 Å². The van der Waals surface area contributed by atoms with Crippen LogP contribution in [-0.2, 0) is 14.3 Å². The van der Waals surface area contributed by atoms with Crippen molar-refractivity contribution in [3.05, 3.63) is 24.3 Å². The predicted molar refractivity (Wildman–Crippen MR) is 200 cm³/mol. The van der Waals surface area contributed by atoms with Gasteiger partial charge in [-0.25, -0.2) is 0 Å². The van der Waals surface area contributed by atoms with Gasteiger partial charge in [0.1, 0.15) is 6.10 Å². The number of esters is 1. The molecule has 270 valence electrons. The molecule has 0 rings (SSSR count). The SMILES string of the molecule is CCCCC/C=C\C/C=C\CCCCCCCC(=O)OC(CCCCCCCCCCCCCCCCCCC)CCCC(=O)O. The van der Waals surface area contributed by atoms with E-state index in [9.17, 15) is 9.59 Å². The molecule has 4 heteroatoms. The molecule has 0 aromatic rings. The summed E-state index contributed by atoms with van der Waals surface area (Å²) in [6.07, 6.45) is 47.7. The van der Waals surface area contributed by atoms with Crippen molar-refractivity contribution in [2.45, 2.75) is 232 Å². The molecule has 0 aliphatic rings. The van der Waals surface area contributed by atoms with Crippen molar-refractivity contribution in [2.24, 2.45) is 0 Å². The van der Waals surface area contributed by atoms with Crippen molar-refractivity contribution in [1.82, 2.24) is 0 Å². The van der Waals surface area contributed by atoms with Crippen LogP contribution in [0.1, 0.15) is 226 Å². The fourth-order valence-electron chi connectivity index (χ4n) is 6.17. The number of unbranched alkanes of at least 4 members (excludes halogenated alkanes) is 24. The minimum atomic E-state index is -0.770. The van der Waals surface area contributed by atoms with Crippen molar-refractivity contribution in [2.75, 3.05) is 0 Å². The summed E-state index contributed by atoms with van der Waals surface area (Å²) in [5.74, 6) is -0.869. The molecular formula is C42H78O4. The van der Waals surface area contributed by atoms with Gasteiger partial charge in [0.2, 0.25) is 0 Å². The summed E-state index contributed by atoms with van der Waals surface area (Å²) in [5.41, 5.74) is 0. The van der Waals surface area contributed by atoms with Crippen molar-refractivity contribution < 1.29 is 19.4 Å². The van der Waals surface area contributed by atoms with Crippen LogP contribution in [0.4, 0.5) is 0 Å². The summed E-state index contributed by atoms with van der Waals surface area (Å²) < 4.78 is 5.83. The number of allylic oxidation sites excluding steroid dienone is 4. The monoisotopic (exact) mass is 647 g/mol. The Labute approximate surface area is 287 Å². The molecule has 0 aromatic heterocycles. The molecule has 0 heterocycles. The van der Waals surface area contributed by atoms with Crippen molar-refractivity contribution in [3.63, 3.8) is 0 Å². The fraction of sp³-hybridized carbons (Fsp3) is 0.857. The number of carboxylic acid groups (broad SMARTS) is 1. The highest BCUT2D eigenvalue weighted by atomic mass is 16.5. The zero-order valence-electron chi connectivity index (χ0n) is 30.9. The van der Waals surface area contributed by atoms with Gasteiger partial charge in [0.15, 0.2) is 0 Å². The number of hydrogen-bond donors (Lipinski definition) is 1. The van der Waals surface area contributed by atoms with E-state index >= 15 is 0 Å². The molecule has 0 radical (unpaired) electrons. The highest BCUT2D eigenvalue weighted by Crippen LogP contribution is 2.18. The molecule has 0 aromatic carbocycles. The van der Waals surface area contributed by atoms with E-state index < -0.39 is 5.97 Å². The van der Waals surface area contributed by atoms with Crippen LogP contribution < -0.4 is 0 Å². The molecule has 0 amide bonds. The highest BCUT2D eigenvalue weighted by molar-refractivity contribution is 5.69. The van der Waals surface area contributed by atoms with Crippen LogP contribution in [0.3, 0.4) is 0 Å². The Hall–Kier alpha value is -1.58. The molecule has 0 fully saturated rings. The second-order valence-electron chi connectivity index (χ2n) is 13.8. The molecular weight excluding hydrogens is 568 g/mol. The van der Waals surface area contributed by atoms with Crippen LogP contribution in [0.15, 0.2) is 24.3 Å². The van der Waals surface area contributed by atoms with Crippen LogP contribution in [0.25, 0.3) is 0 Å². The quantitative estimate of drug-likeness (QED) is 0.0414. The number of carbonyl (C=O) groups is 2. The van der Waals surface area contributed by atoms with Gasteiger partial charge < -0.3 is 9.84 Å². The zero-order valence-corrected chi connectivity index (χ0v) is 30.9. The van der Waals surface area contributed by atoms with Crippen LogP contribution in [0, 0.1) is 0 Å². The summed E-state index contributed by atoms with van der Waals surface area (Å²) in [4.78, 5) is 23.5. The van der Waals surface area contributed by atoms with Gasteiger partial charge in [-0.1, -0.05) is 173 Å². The standard InChI is InChI=1S/C42H78O4/c1-3-5-7-9-11-13-15-17-19-20-22-23-25-27-29-31-33-36-40(37-35-38-41(43)44)46-42(45)39-34-32-30-28-26-24-21-18-16-14-12-10-8-6-4-2/h12,14,18,21,40H,3-11,13,15-17,19-20,22-39H2,1-2H3,(H,43,44)/b14-12-,21-18-. The molecule has 0 aliphatic heterocycles. The van der Waals surface area contributed by atoms with Gasteiger partial charge >= 0.3 is 11.9 Å². The lowest BCUT2D eigenvalue weighted by atomic mass is 10.0. The summed E-state index contributed by atoms with van der Waals surface area (Å²) in [7, 11) is 0. The third kappa shape index (κ3) is 36.9. The smallest absolute Gasteiger partial charge is 0.306 e. The minimum absolute atomic E-state index is 0.0991. The molecule has 4 nitrogen and oxygen atoms in total. The van der Waals surface area contributed by atoms with E-state index in [2.05, 4.69) is 38.2 Å². The summed E-state index contributed by atoms with van der Waals surface area (Å²) in [5, 5.41) is 9.03. The lowest BCUT2D eigenvalue weighted by Crippen LogP contribution is -2.18. The van der Waals surface area contributed by atoms with E-state index in [1.807, 2.05) is 0 Å². The first kappa shape index (κ1) is 44.4. The lowest BCUT2D eigenvalue weighted by molar-refractivity contribution is -0.150. The van der Waals surface area contributed by atoms with Crippen molar-refractivity contribution in [3.8, 4) is 0 Å². The molecule has 1 unspecified atom stereocenters. The van der Waals surface area contributed by atoms with Gasteiger partial charge in [-0.3, -0.25) is 9.59 Å². The molecule has 0 saturated heterocycles. The van der Waals surface area contributed by atoms with Crippen LogP contribution >= 0.6 is 0 Å². The number of carbonyl (C=O) groups excluding carboxylic acids is 1. The average Bonchev–Trinajstić information content (AvgIpc) is 3.04. The average molecular weight is 647 g/mol. The van der Waals surface area contributed by atoms with Crippen molar-refractivity contribution in [1.29, 1.82) is 0 Å². The van der Waals surface area contributed by atoms with Gasteiger partial charge in [0.05, 0.1) is 0 Å². The van der Waals surface area contributed by atoms with E-state index in [-0.39, 0.29) is 18.5 Å². The molecule has 0 bridgehead atoms. The van der Waals surface area contributed by atoms with Gasteiger partial charge in [-0.15, -0.1) is 0 Å². The number of rotatable bonds is 37. The maximum Gasteiger partial charge on any atom is 0.306 e. The topological polar surface area (TPSA) is 63.6 Å². The van der Waals surface area contributed by atoms with E-state index in [1.165, 1.54) is 148 Å². The Balaban J connectivity index is 3.81. The molecule has 0 saturated carbocycles. The second-order valence-corrected chi connectivity index (χ2v) is 13.8. The minimum Gasteiger partial charge on any atom is -0.481 e. The van der Waals surface area contributed by atoms with E-state index in [1.54, 1.807) is 0 Å². The van der Waals surface area contributed by atoms with Gasteiger partial charge in [0.25, 0.3) is 0 Å². The molecule has 0 spiro atoms. The Kier molecular flexibility index (Phi) is 36.6. The van der Waals surface area contributed by atoms with Gasteiger partial charge in [0, 0.05) is 12.8 Å². The first-order valence-corrected chi connectivity index (χ1v) is 20.3. The summed E-state index contributed by atoms with van der Waals surface area (Å²) >= 11 is 0. The Morgan fingerprint density at radius 3 is 1.37 bits per heavy atom. The number of carboxylic acids is 1. The third-order valence-corrected chi connectivity index (χ3v) is 9.18. The first-order chi connectivity index (χ1) is 22.6. The fourth-order valence-corrected chi connectivity index (χ4v) is 6.17. The number of aliphatic carboxylic acids is 1. The summed E-state index contributed by atoms with van der Waals surface area (Å²) in [6, 6.07) is 0. The maximum absolute atomic E-state index is 12.5. The van der Waals surface area contributed by atoms with Gasteiger partial charge in [-0.2, -0.15) is 0 Å². The number of ether oxygens (including phenoxy) is 1. The first-order valence-electron chi connectivity index (χ1n) is 20.3. The Morgan fingerprint density at radius 1 is 0.478 bits per heavy atom. The largest absolute Gasteiger partial charge is 0.481 e. The van der Waals surface area contributed by atoms with E-state index in [0.717, 1.165) is 38.5 Å². The predicted octanol–water partition coefficient (Wildman–Crippen LogP) is 14.0. The van der Waals surface area contributed by atoms with Crippen LogP contribution in [0.5, 0.6) is 0 Å². The van der Waals surface area contributed by atoms with E-state index in [0.29, 0.717) is 19.3 Å². The lowest BCUT2D eigenvalue weighted by Gasteiger charge is -2.18. The van der Waals surface area contributed by atoms with E-state index in [4.69, 9.17) is 9.84 Å².